The molecule has 1 N–H and O–H groups in total. The molecular weight excluding hydrogens is 304 g/mol. The summed E-state index contributed by atoms with van der Waals surface area (Å²) < 4.78 is 10.9. The number of para-hydroxylation sites is 1. The normalized spacial score (nSPS) is 21.9. The third-order valence-electron chi connectivity index (χ3n) is 4.77. The number of likely N-dealkylation sites (tertiary alicyclic amines) is 1. The van der Waals surface area contributed by atoms with Crippen molar-refractivity contribution in [3.63, 3.8) is 0 Å². The van der Waals surface area contributed by atoms with Gasteiger partial charge in [-0.2, -0.15) is 0 Å². The Hall–Kier alpha value is -1.85. The molecule has 0 bridgehead atoms. The summed E-state index contributed by atoms with van der Waals surface area (Å²) in [6.07, 6.45) is 1.94. The number of piperidine rings is 1. The lowest BCUT2D eigenvalue weighted by Gasteiger charge is -2.39. The van der Waals surface area contributed by atoms with Gasteiger partial charge in [-0.25, -0.2) is 0 Å². The highest BCUT2D eigenvalue weighted by Gasteiger charge is 2.37. The molecule has 0 saturated carbocycles. The van der Waals surface area contributed by atoms with Gasteiger partial charge in [0.2, 0.25) is 5.91 Å². The minimum atomic E-state index is -0.349. The average molecular weight is 330 g/mol. The van der Waals surface area contributed by atoms with Crippen LogP contribution in [0.3, 0.4) is 0 Å². The van der Waals surface area contributed by atoms with Gasteiger partial charge in [-0.1, -0.05) is 18.2 Å². The monoisotopic (exact) mass is 330 g/mol. The first kappa shape index (κ1) is 17.0. The van der Waals surface area contributed by atoms with Gasteiger partial charge in [0.25, 0.3) is 0 Å². The minimum Gasteiger partial charge on any atom is -0.460 e. The van der Waals surface area contributed by atoms with Crippen LogP contribution in [0.1, 0.15) is 25.5 Å². The number of carbonyl (C=O) groups is 1. The van der Waals surface area contributed by atoms with Crippen molar-refractivity contribution in [3.8, 4) is 0 Å². The number of ether oxygens (including phenoxy) is 1. The summed E-state index contributed by atoms with van der Waals surface area (Å²) in [6.45, 7) is 5.66. The van der Waals surface area contributed by atoms with Crippen LogP contribution in [0.5, 0.6) is 0 Å². The van der Waals surface area contributed by atoms with Crippen LogP contribution in [0.4, 0.5) is 0 Å². The van der Waals surface area contributed by atoms with E-state index in [9.17, 15) is 4.79 Å². The van der Waals surface area contributed by atoms with E-state index in [0.717, 1.165) is 49.2 Å². The summed E-state index contributed by atoms with van der Waals surface area (Å²) in [4.78, 5) is 14.8. The Morgan fingerprint density at radius 3 is 3.04 bits per heavy atom. The van der Waals surface area contributed by atoms with Gasteiger partial charge in [0.1, 0.15) is 11.3 Å². The van der Waals surface area contributed by atoms with Crippen molar-refractivity contribution in [1.82, 2.24) is 10.2 Å². The Balaban J connectivity index is 1.63. The van der Waals surface area contributed by atoms with E-state index in [1.54, 1.807) is 7.11 Å². The lowest BCUT2D eigenvalue weighted by Crippen LogP contribution is -2.50. The zero-order valence-electron chi connectivity index (χ0n) is 14.5. The average Bonchev–Trinajstić information content (AvgIpc) is 2.97. The number of methoxy groups -OCH3 is 1. The second kappa shape index (κ2) is 7.36. The zero-order chi connectivity index (χ0) is 17.0. The van der Waals surface area contributed by atoms with Crippen molar-refractivity contribution in [3.05, 3.63) is 36.1 Å². The molecule has 1 atom stereocenters. The number of rotatable bonds is 6. The zero-order valence-corrected chi connectivity index (χ0v) is 14.5. The number of amides is 1. The van der Waals surface area contributed by atoms with Crippen LogP contribution < -0.4 is 5.32 Å². The minimum absolute atomic E-state index is 0.119. The van der Waals surface area contributed by atoms with Crippen LogP contribution in [0.15, 0.2) is 34.7 Å². The molecule has 0 aliphatic carbocycles. The quantitative estimate of drug-likeness (QED) is 0.828. The highest BCUT2D eigenvalue weighted by atomic mass is 16.5. The van der Waals surface area contributed by atoms with Crippen LogP contribution in [-0.4, -0.2) is 44.2 Å². The van der Waals surface area contributed by atoms with E-state index in [1.807, 2.05) is 18.2 Å². The molecule has 2 aromatic rings. The number of hydrogen-bond donors (Lipinski definition) is 1. The van der Waals surface area contributed by atoms with E-state index in [2.05, 4.69) is 29.3 Å². The first-order valence-corrected chi connectivity index (χ1v) is 8.58. The Morgan fingerprint density at radius 2 is 2.25 bits per heavy atom. The van der Waals surface area contributed by atoms with E-state index >= 15 is 0 Å². The second-order valence-corrected chi connectivity index (χ2v) is 6.87. The summed E-state index contributed by atoms with van der Waals surface area (Å²) in [5, 5.41) is 4.11. The molecule has 1 saturated heterocycles. The standard InChI is InChI=1S/C19H26N2O3/c1-19(18(22)20-9-11-23-2)8-5-10-21(14-19)13-16-12-15-6-3-4-7-17(15)24-16/h3-4,6-7,12H,5,8-11,13-14H2,1-2H3,(H,20,22). The molecule has 0 spiro atoms. The molecule has 130 valence electrons. The number of carbonyl (C=O) groups excluding carboxylic acids is 1. The fourth-order valence-corrected chi connectivity index (χ4v) is 3.48. The molecule has 1 fully saturated rings. The maximum atomic E-state index is 12.5. The van der Waals surface area contributed by atoms with Gasteiger partial charge < -0.3 is 14.5 Å². The number of furan rings is 1. The molecule has 5 heteroatoms. The maximum absolute atomic E-state index is 12.5. The van der Waals surface area contributed by atoms with Crippen LogP contribution in [-0.2, 0) is 16.1 Å². The lowest BCUT2D eigenvalue weighted by atomic mass is 9.81. The van der Waals surface area contributed by atoms with Gasteiger partial charge in [0, 0.05) is 25.6 Å². The van der Waals surface area contributed by atoms with Crippen molar-refractivity contribution in [1.29, 1.82) is 0 Å². The molecule has 0 radical (unpaired) electrons. The van der Waals surface area contributed by atoms with E-state index in [1.165, 1.54) is 0 Å². The smallest absolute Gasteiger partial charge is 0.227 e. The first-order chi connectivity index (χ1) is 11.6. The summed E-state index contributed by atoms with van der Waals surface area (Å²) in [7, 11) is 1.64. The van der Waals surface area contributed by atoms with Gasteiger partial charge in [0.15, 0.2) is 0 Å². The number of benzene rings is 1. The van der Waals surface area contributed by atoms with Gasteiger partial charge in [0.05, 0.1) is 18.6 Å². The van der Waals surface area contributed by atoms with E-state index in [4.69, 9.17) is 9.15 Å². The lowest BCUT2D eigenvalue weighted by molar-refractivity contribution is -0.133. The van der Waals surface area contributed by atoms with E-state index in [0.29, 0.717) is 13.2 Å². The fourth-order valence-electron chi connectivity index (χ4n) is 3.48. The molecule has 1 aliphatic rings. The predicted molar refractivity (Wildman–Crippen MR) is 93.7 cm³/mol. The van der Waals surface area contributed by atoms with Crippen LogP contribution in [0, 0.1) is 5.41 Å². The Kier molecular flexibility index (Phi) is 5.21. The largest absolute Gasteiger partial charge is 0.460 e. The molecule has 2 heterocycles. The number of fused-ring (bicyclic) bond motifs is 1. The van der Waals surface area contributed by atoms with Crippen LogP contribution >= 0.6 is 0 Å². The molecular formula is C19H26N2O3. The maximum Gasteiger partial charge on any atom is 0.227 e. The summed E-state index contributed by atoms with van der Waals surface area (Å²) >= 11 is 0. The van der Waals surface area contributed by atoms with Gasteiger partial charge in [-0.15, -0.1) is 0 Å². The predicted octanol–water partition coefficient (Wildman–Crippen LogP) is 2.80. The van der Waals surface area contributed by atoms with Crippen molar-refractivity contribution < 1.29 is 13.9 Å². The topological polar surface area (TPSA) is 54.7 Å². The third-order valence-corrected chi connectivity index (χ3v) is 4.77. The third kappa shape index (κ3) is 3.79. The van der Waals surface area contributed by atoms with Gasteiger partial charge >= 0.3 is 0 Å². The molecule has 24 heavy (non-hydrogen) atoms. The Labute approximate surface area is 143 Å². The molecule has 1 unspecified atom stereocenters. The van der Waals surface area contributed by atoms with E-state index < -0.39 is 0 Å². The summed E-state index contributed by atoms with van der Waals surface area (Å²) in [5.41, 5.74) is 0.572. The molecule has 5 nitrogen and oxygen atoms in total. The van der Waals surface area contributed by atoms with Crippen molar-refractivity contribution in [2.75, 3.05) is 33.4 Å². The van der Waals surface area contributed by atoms with Crippen molar-refractivity contribution in [2.45, 2.75) is 26.3 Å². The fraction of sp³-hybridized carbons (Fsp3) is 0.526. The molecule has 1 aromatic carbocycles. The first-order valence-electron chi connectivity index (χ1n) is 8.58. The van der Waals surface area contributed by atoms with Gasteiger partial charge in [-0.05, 0) is 38.4 Å². The van der Waals surface area contributed by atoms with E-state index in [-0.39, 0.29) is 11.3 Å². The van der Waals surface area contributed by atoms with Crippen LogP contribution in [0.2, 0.25) is 0 Å². The van der Waals surface area contributed by atoms with Crippen LogP contribution in [0.25, 0.3) is 11.0 Å². The highest BCUT2D eigenvalue weighted by Crippen LogP contribution is 2.31. The summed E-state index contributed by atoms with van der Waals surface area (Å²) in [5.74, 6) is 1.08. The summed E-state index contributed by atoms with van der Waals surface area (Å²) in [6, 6.07) is 10.1. The van der Waals surface area contributed by atoms with Crippen molar-refractivity contribution >= 4 is 16.9 Å². The van der Waals surface area contributed by atoms with Gasteiger partial charge in [-0.3, -0.25) is 9.69 Å². The molecule has 3 rings (SSSR count). The Bertz CT molecular complexity index is 664. The Morgan fingerprint density at radius 1 is 1.42 bits per heavy atom. The highest BCUT2D eigenvalue weighted by molar-refractivity contribution is 5.82. The number of nitrogens with one attached hydrogen (secondary N) is 1. The SMILES string of the molecule is COCCNC(=O)C1(C)CCCN(Cc2cc3ccccc3o2)C1. The number of hydrogen-bond acceptors (Lipinski definition) is 4. The second-order valence-electron chi connectivity index (χ2n) is 6.87. The molecule has 1 aromatic heterocycles. The number of nitrogens with zero attached hydrogens (tertiary/aromatic N) is 1. The molecule has 1 amide bonds. The van der Waals surface area contributed by atoms with Crippen molar-refractivity contribution in [2.24, 2.45) is 5.41 Å². The molecule has 1 aliphatic heterocycles.